The first-order valence-corrected chi connectivity index (χ1v) is 7.47. The van der Waals surface area contributed by atoms with Gasteiger partial charge in [0, 0.05) is 5.56 Å². The van der Waals surface area contributed by atoms with Crippen LogP contribution in [-0.4, -0.2) is 19.9 Å². The lowest BCUT2D eigenvalue weighted by atomic mass is 10.1. The van der Waals surface area contributed by atoms with Crippen molar-refractivity contribution < 1.29 is 0 Å². The van der Waals surface area contributed by atoms with Crippen LogP contribution < -0.4 is 0 Å². The molecule has 0 amide bonds. The van der Waals surface area contributed by atoms with E-state index in [2.05, 4.69) is 33.8 Å². The molecule has 0 atom stereocenters. The number of halogens is 1. The summed E-state index contributed by atoms with van der Waals surface area (Å²) in [6, 6.07) is 7.93. The van der Waals surface area contributed by atoms with E-state index in [1.54, 1.807) is 0 Å². The molecule has 4 nitrogen and oxygen atoms in total. The second kappa shape index (κ2) is 5.42. The van der Waals surface area contributed by atoms with Gasteiger partial charge in [-0.25, -0.2) is 15.0 Å². The molecular weight excluding hydrogens is 292 g/mol. The molecule has 0 unspecified atom stereocenters. The molecule has 2 heterocycles. The summed E-state index contributed by atoms with van der Waals surface area (Å²) in [6.07, 6.45) is 1.49. The monoisotopic (exact) mass is 304 g/mol. The lowest BCUT2D eigenvalue weighted by molar-refractivity contribution is 0.801. The molecule has 2 aromatic heterocycles. The fourth-order valence-corrected chi connectivity index (χ4v) is 3.43. The number of nitrogens with zero attached hydrogens (tertiary/aromatic N) is 3. The number of rotatable bonds is 3. The average molecular weight is 305 g/mol. The molecule has 102 valence electrons. The Morgan fingerprint density at radius 2 is 2.00 bits per heavy atom. The molecule has 20 heavy (non-hydrogen) atoms. The van der Waals surface area contributed by atoms with E-state index in [1.807, 2.05) is 24.3 Å². The molecule has 0 aliphatic carbocycles. The molecule has 6 heteroatoms. The minimum absolute atomic E-state index is 0.260. The lowest BCUT2D eigenvalue weighted by Crippen LogP contribution is -1.98. The van der Waals surface area contributed by atoms with Gasteiger partial charge in [-0.1, -0.05) is 37.6 Å². The number of benzene rings is 1. The molecular formula is C14H13ClN4S. The number of hydrogen-bond donors (Lipinski definition) is 1. The highest BCUT2D eigenvalue weighted by atomic mass is 35.5. The number of fused-ring (bicyclic) bond motifs is 1. The molecule has 1 aromatic carbocycles. The zero-order valence-corrected chi connectivity index (χ0v) is 12.7. The summed E-state index contributed by atoms with van der Waals surface area (Å²) >= 11 is 7.65. The summed E-state index contributed by atoms with van der Waals surface area (Å²) in [5.74, 6) is 0.260. The van der Waals surface area contributed by atoms with Crippen molar-refractivity contribution in [1.82, 2.24) is 19.9 Å². The van der Waals surface area contributed by atoms with Crippen molar-refractivity contribution >= 4 is 34.4 Å². The van der Waals surface area contributed by atoms with Crippen LogP contribution in [0.4, 0.5) is 0 Å². The van der Waals surface area contributed by atoms with Crippen LogP contribution in [-0.2, 0) is 0 Å². The minimum Gasteiger partial charge on any atom is -0.333 e. The van der Waals surface area contributed by atoms with E-state index in [-0.39, 0.29) is 5.92 Å². The van der Waals surface area contributed by atoms with Gasteiger partial charge in [0.15, 0.2) is 5.16 Å². The van der Waals surface area contributed by atoms with Crippen molar-refractivity contribution in [2.75, 3.05) is 0 Å². The zero-order valence-electron chi connectivity index (χ0n) is 11.1. The minimum atomic E-state index is 0.260. The summed E-state index contributed by atoms with van der Waals surface area (Å²) < 4.78 is 0. The summed E-state index contributed by atoms with van der Waals surface area (Å²) in [6.45, 7) is 4.15. The largest absolute Gasteiger partial charge is 0.333 e. The van der Waals surface area contributed by atoms with Crippen LogP contribution in [0.5, 0.6) is 0 Å². The highest BCUT2D eigenvalue weighted by molar-refractivity contribution is 7.99. The van der Waals surface area contributed by atoms with E-state index >= 15 is 0 Å². The van der Waals surface area contributed by atoms with Crippen molar-refractivity contribution in [3.63, 3.8) is 0 Å². The van der Waals surface area contributed by atoms with Crippen molar-refractivity contribution in [3.05, 3.63) is 41.3 Å². The zero-order chi connectivity index (χ0) is 14.1. The van der Waals surface area contributed by atoms with Crippen molar-refractivity contribution in [1.29, 1.82) is 0 Å². The van der Waals surface area contributed by atoms with Gasteiger partial charge in [0.25, 0.3) is 0 Å². The lowest BCUT2D eigenvalue weighted by Gasteiger charge is -2.10. The molecule has 0 bridgehead atoms. The second-order valence-electron chi connectivity index (χ2n) is 4.70. The molecule has 0 fully saturated rings. The fourth-order valence-electron chi connectivity index (χ4n) is 2.00. The molecule has 0 aliphatic rings. The third-order valence-corrected chi connectivity index (χ3v) is 4.14. The summed E-state index contributed by atoms with van der Waals surface area (Å²) in [5, 5.41) is 2.16. The Hall–Kier alpha value is -1.59. The maximum atomic E-state index is 6.17. The van der Waals surface area contributed by atoms with Gasteiger partial charge >= 0.3 is 0 Å². The summed E-state index contributed by atoms with van der Waals surface area (Å²) in [4.78, 5) is 16.2. The summed E-state index contributed by atoms with van der Waals surface area (Å²) in [5.41, 5.74) is 2.92. The van der Waals surface area contributed by atoms with Crippen LogP contribution in [0.2, 0.25) is 5.15 Å². The van der Waals surface area contributed by atoms with E-state index in [4.69, 9.17) is 11.6 Å². The maximum absolute atomic E-state index is 6.17. The Bertz CT molecular complexity index is 721. The first kappa shape index (κ1) is 13.4. The smallest absolute Gasteiger partial charge is 0.172 e. The number of nitrogens with one attached hydrogen (secondary N) is 1. The highest BCUT2D eigenvalue weighted by Crippen LogP contribution is 2.34. The first-order valence-electron chi connectivity index (χ1n) is 6.28. The van der Waals surface area contributed by atoms with E-state index in [9.17, 15) is 0 Å². The molecule has 3 rings (SSSR count). The fraction of sp³-hybridized carbons (Fsp3) is 0.214. The van der Waals surface area contributed by atoms with E-state index in [1.165, 1.54) is 18.1 Å². The number of H-pyrrole nitrogens is 1. The third-order valence-electron chi connectivity index (χ3n) is 2.94. The van der Waals surface area contributed by atoms with Gasteiger partial charge < -0.3 is 4.98 Å². The van der Waals surface area contributed by atoms with Gasteiger partial charge in [-0.3, -0.25) is 0 Å². The van der Waals surface area contributed by atoms with Crippen LogP contribution in [0.15, 0.2) is 40.8 Å². The number of para-hydroxylation sites is 2. The Kier molecular flexibility index (Phi) is 3.63. The Morgan fingerprint density at radius 3 is 2.75 bits per heavy atom. The molecule has 3 aromatic rings. The normalized spacial score (nSPS) is 11.4. The number of hydrogen-bond acceptors (Lipinski definition) is 4. The van der Waals surface area contributed by atoms with Gasteiger partial charge in [0.2, 0.25) is 0 Å². The van der Waals surface area contributed by atoms with Crippen LogP contribution in [0.1, 0.15) is 25.3 Å². The molecule has 1 N–H and O–H groups in total. The highest BCUT2D eigenvalue weighted by Gasteiger charge is 2.16. The standard InChI is InChI=1S/C14H13ClN4S/c1-8(2)11-12(15)16-7-17-13(11)20-14-18-9-5-3-4-6-10(9)19-14/h3-8H,1-2H3,(H,18,19). The number of aromatic amines is 1. The maximum Gasteiger partial charge on any atom is 0.172 e. The van der Waals surface area contributed by atoms with Crippen LogP contribution in [0.25, 0.3) is 11.0 Å². The molecule has 0 saturated heterocycles. The molecule has 0 radical (unpaired) electrons. The van der Waals surface area contributed by atoms with Crippen molar-refractivity contribution in [3.8, 4) is 0 Å². The predicted molar refractivity (Wildman–Crippen MR) is 81.3 cm³/mol. The van der Waals surface area contributed by atoms with Crippen LogP contribution in [0.3, 0.4) is 0 Å². The van der Waals surface area contributed by atoms with E-state index in [0.29, 0.717) is 5.15 Å². The Balaban J connectivity index is 2.00. The van der Waals surface area contributed by atoms with Gasteiger partial charge in [-0.05, 0) is 29.8 Å². The number of imidazole rings is 1. The van der Waals surface area contributed by atoms with E-state index in [0.717, 1.165) is 26.8 Å². The summed E-state index contributed by atoms with van der Waals surface area (Å²) in [7, 11) is 0. The SMILES string of the molecule is CC(C)c1c(Cl)ncnc1Sc1nc2ccccc2[nH]1. The molecule has 0 saturated carbocycles. The number of aromatic nitrogens is 4. The van der Waals surface area contributed by atoms with E-state index < -0.39 is 0 Å². The van der Waals surface area contributed by atoms with Gasteiger partial charge in [0.05, 0.1) is 11.0 Å². The van der Waals surface area contributed by atoms with Crippen molar-refractivity contribution in [2.24, 2.45) is 0 Å². The Morgan fingerprint density at radius 1 is 1.20 bits per heavy atom. The van der Waals surface area contributed by atoms with Gasteiger partial charge in [0.1, 0.15) is 16.5 Å². The van der Waals surface area contributed by atoms with Crippen LogP contribution in [0, 0.1) is 0 Å². The first-order chi connectivity index (χ1) is 9.65. The topological polar surface area (TPSA) is 54.5 Å². The second-order valence-corrected chi connectivity index (χ2v) is 6.03. The Labute approximate surface area is 126 Å². The third kappa shape index (κ3) is 2.51. The average Bonchev–Trinajstić information content (AvgIpc) is 2.80. The van der Waals surface area contributed by atoms with Crippen molar-refractivity contribution in [2.45, 2.75) is 29.9 Å². The van der Waals surface area contributed by atoms with Gasteiger partial charge in [-0.15, -0.1) is 0 Å². The van der Waals surface area contributed by atoms with Crippen LogP contribution >= 0.6 is 23.4 Å². The predicted octanol–water partition coefficient (Wildman–Crippen LogP) is 4.28. The molecule has 0 spiro atoms. The van der Waals surface area contributed by atoms with Gasteiger partial charge in [-0.2, -0.15) is 0 Å². The quantitative estimate of drug-likeness (QED) is 0.734. The molecule has 0 aliphatic heterocycles.